The Hall–Kier alpha value is -1.38. The van der Waals surface area contributed by atoms with E-state index >= 15 is 0 Å². The molecule has 0 radical (unpaired) electrons. The Kier molecular flexibility index (Phi) is 2.48. The molecule has 0 amide bonds. The third-order valence-corrected chi connectivity index (χ3v) is 2.72. The molecule has 0 spiro atoms. The molecule has 0 aliphatic carbocycles. The first-order valence-electron chi connectivity index (χ1n) is 4.11. The molecule has 0 saturated carbocycles. The summed E-state index contributed by atoms with van der Waals surface area (Å²) >= 11 is 3.43. The molecular formula is C10H7BrN2O. The third-order valence-electron chi connectivity index (χ3n) is 2.07. The smallest absolute Gasteiger partial charge is 0.235 e. The Labute approximate surface area is 89.0 Å². The van der Waals surface area contributed by atoms with Gasteiger partial charge in [-0.3, -0.25) is 0 Å². The van der Waals surface area contributed by atoms with Crippen LogP contribution in [-0.2, 0) is 11.3 Å². The highest BCUT2D eigenvalue weighted by Gasteiger charge is 2.04. The number of benzene rings is 1. The zero-order valence-electron chi connectivity index (χ0n) is 7.25. The molecule has 0 bridgehead atoms. The molecule has 0 unspecified atom stereocenters. The van der Waals surface area contributed by atoms with Gasteiger partial charge in [0.05, 0.1) is 12.1 Å². The molecule has 14 heavy (non-hydrogen) atoms. The number of hydrogen-bond donors (Lipinski definition) is 1. The number of fused-ring (bicyclic) bond motifs is 1. The number of carbonyl (C=O) groups excluding carboxylic acids is 1. The molecule has 0 fully saturated rings. The second-order valence-corrected chi connectivity index (χ2v) is 3.74. The molecule has 1 aromatic carbocycles. The molecule has 1 aromatic heterocycles. The van der Waals surface area contributed by atoms with Crippen LogP contribution in [0.25, 0.3) is 10.9 Å². The van der Waals surface area contributed by atoms with E-state index in [4.69, 9.17) is 0 Å². The zero-order chi connectivity index (χ0) is 9.97. The van der Waals surface area contributed by atoms with Crippen molar-refractivity contribution >= 4 is 32.9 Å². The van der Waals surface area contributed by atoms with Crippen LogP contribution in [0.5, 0.6) is 0 Å². The Morgan fingerprint density at radius 2 is 2.36 bits per heavy atom. The van der Waals surface area contributed by atoms with Crippen molar-refractivity contribution < 1.29 is 4.79 Å². The lowest BCUT2D eigenvalue weighted by Gasteiger charge is -1.97. The van der Waals surface area contributed by atoms with Gasteiger partial charge in [0.1, 0.15) is 0 Å². The number of nitrogens with one attached hydrogen (secondary N) is 1. The van der Waals surface area contributed by atoms with E-state index in [2.05, 4.69) is 25.9 Å². The number of nitrogens with zero attached hydrogens (tertiary/aromatic N) is 1. The van der Waals surface area contributed by atoms with E-state index in [1.807, 2.05) is 24.4 Å². The average Bonchev–Trinajstić information content (AvgIpc) is 2.58. The number of hydrogen-bond acceptors (Lipinski definition) is 2. The molecule has 1 heterocycles. The van der Waals surface area contributed by atoms with Gasteiger partial charge in [0.25, 0.3) is 0 Å². The van der Waals surface area contributed by atoms with Gasteiger partial charge in [-0.2, -0.15) is 0 Å². The van der Waals surface area contributed by atoms with E-state index in [-0.39, 0.29) is 0 Å². The minimum atomic E-state index is 0.369. The van der Waals surface area contributed by atoms with Crippen LogP contribution in [0.2, 0.25) is 0 Å². The van der Waals surface area contributed by atoms with Gasteiger partial charge in [-0.25, -0.2) is 9.79 Å². The van der Waals surface area contributed by atoms with Gasteiger partial charge in [-0.1, -0.05) is 18.2 Å². The summed E-state index contributed by atoms with van der Waals surface area (Å²) in [6.45, 7) is 0.369. The lowest BCUT2D eigenvalue weighted by molar-refractivity contribution is 0.563. The zero-order valence-corrected chi connectivity index (χ0v) is 8.84. The summed E-state index contributed by atoms with van der Waals surface area (Å²) in [5, 5.41) is 1.10. The second-order valence-electron chi connectivity index (χ2n) is 2.88. The van der Waals surface area contributed by atoms with Crippen LogP contribution in [0.1, 0.15) is 5.56 Å². The monoisotopic (exact) mass is 250 g/mol. The molecule has 0 aliphatic rings. The summed E-state index contributed by atoms with van der Waals surface area (Å²) in [5.74, 6) is 0. The van der Waals surface area contributed by atoms with Gasteiger partial charge in [0, 0.05) is 16.1 Å². The number of halogens is 1. The minimum absolute atomic E-state index is 0.369. The van der Waals surface area contributed by atoms with Gasteiger partial charge >= 0.3 is 0 Å². The van der Waals surface area contributed by atoms with E-state index in [9.17, 15) is 4.79 Å². The van der Waals surface area contributed by atoms with E-state index in [1.54, 1.807) is 0 Å². The topological polar surface area (TPSA) is 45.2 Å². The van der Waals surface area contributed by atoms with Crippen molar-refractivity contribution in [1.29, 1.82) is 0 Å². The highest BCUT2D eigenvalue weighted by atomic mass is 79.9. The number of H-pyrrole nitrogens is 1. The van der Waals surface area contributed by atoms with Crippen LogP contribution in [-0.4, -0.2) is 11.1 Å². The quantitative estimate of drug-likeness (QED) is 0.647. The summed E-state index contributed by atoms with van der Waals surface area (Å²) in [5.41, 5.74) is 2.01. The Balaban J connectivity index is 2.59. The van der Waals surface area contributed by atoms with Crippen LogP contribution in [0, 0.1) is 0 Å². The van der Waals surface area contributed by atoms with Crippen LogP contribution < -0.4 is 0 Å². The number of rotatable bonds is 2. The van der Waals surface area contributed by atoms with Gasteiger partial charge in [-0.15, -0.1) is 0 Å². The van der Waals surface area contributed by atoms with Gasteiger partial charge in [-0.05, 0) is 21.5 Å². The van der Waals surface area contributed by atoms with Crippen LogP contribution >= 0.6 is 15.9 Å². The fourth-order valence-corrected chi connectivity index (χ4v) is 1.88. The molecule has 1 N–H and O–H groups in total. The van der Waals surface area contributed by atoms with Crippen molar-refractivity contribution in [2.75, 3.05) is 0 Å². The van der Waals surface area contributed by atoms with Crippen molar-refractivity contribution in [3.8, 4) is 0 Å². The maximum absolute atomic E-state index is 10.0. The van der Waals surface area contributed by atoms with E-state index in [1.165, 1.54) is 6.08 Å². The maximum atomic E-state index is 10.0. The minimum Gasteiger partial charge on any atom is -0.360 e. The van der Waals surface area contributed by atoms with Crippen LogP contribution in [0.3, 0.4) is 0 Å². The summed E-state index contributed by atoms with van der Waals surface area (Å²) in [6, 6.07) is 5.88. The number of isocyanates is 1. The van der Waals surface area contributed by atoms with Crippen LogP contribution in [0.15, 0.2) is 33.9 Å². The number of para-hydroxylation sites is 1. The normalized spacial score (nSPS) is 10.1. The molecule has 3 nitrogen and oxygen atoms in total. The van der Waals surface area contributed by atoms with Crippen molar-refractivity contribution in [2.24, 2.45) is 4.99 Å². The molecule has 0 aliphatic heterocycles. The van der Waals surface area contributed by atoms with E-state index in [0.29, 0.717) is 6.54 Å². The standard InChI is InChI=1S/C10H7BrN2O/c11-9-5-13-10-7(4-12-6-14)2-1-3-8(9)10/h1-3,5,13H,4H2. The fraction of sp³-hybridized carbons (Fsp3) is 0.100. The molecule has 70 valence electrons. The highest BCUT2D eigenvalue weighted by Crippen LogP contribution is 2.25. The van der Waals surface area contributed by atoms with Crippen LogP contribution in [0.4, 0.5) is 0 Å². The van der Waals surface area contributed by atoms with E-state index in [0.717, 1.165) is 20.9 Å². The highest BCUT2D eigenvalue weighted by molar-refractivity contribution is 9.10. The Bertz CT molecular complexity index is 512. The van der Waals surface area contributed by atoms with Gasteiger partial charge in [0.2, 0.25) is 6.08 Å². The van der Waals surface area contributed by atoms with Crippen molar-refractivity contribution in [2.45, 2.75) is 6.54 Å². The number of aromatic nitrogens is 1. The third kappa shape index (κ3) is 1.50. The molecular weight excluding hydrogens is 244 g/mol. The summed E-state index contributed by atoms with van der Waals surface area (Å²) in [4.78, 5) is 16.7. The second kappa shape index (κ2) is 3.78. The number of aromatic amines is 1. The lowest BCUT2D eigenvalue weighted by atomic mass is 10.1. The maximum Gasteiger partial charge on any atom is 0.235 e. The summed E-state index contributed by atoms with van der Waals surface area (Å²) in [6.07, 6.45) is 3.41. The van der Waals surface area contributed by atoms with Crippen molar-refractivity contribution in [3.63, 3.8) is 0 Å². The summed E-state index contributed by atoms with van der Waals surface area (Å²) in [7, 11) is 0. The SMILES string of the molecule is O=C=NCc1cccc2c(Br)c[nH]c12. The first kappa shape index (κ1) is 9.19. The Morgan fingerprint density at radius 3 is 3.14 bits per heavy atom. The first-order chi connectivity index (χ1) is 6.83. The molecule has 4 heteroatoms. The predicted octanol–water partition coefficient (Wildman–Crippen LogP) is 2.77. The molecule has 2 rings (SSSR count). The molecule has 0 saturated heterocycles. The van der Waals surface area contributed by atoms with Crippen molar-refractivity contribution in [3.05, 3.63) is 34.4 Å². The fourth-order valence-electron chi connectivity index (χ4n) is 1.43. The Morgan fingerprint density at radius 1 is 1.50 bits per heavy atom. The van der Waals surface area contributed by atoms with Gasteiger partial charge in [0.15, 0.2) is 0 Å². The van der Waals surface area contributed by atoms with Crippen molar-refractivity contribution in [1.82, 2.24) is 4.98 Å². The van der Waals surface area contributed by atoms with E-state index < -0.39 is 0 Å². The largest absolute Gasteiger partial charge is 0.360 e. The lowest BCUT2D eigenvalue weighted by Crippen LogP contribution is -1.82. The molecule has 0 atom stereocenters. The molecule has 2 aromatic rings. The number of aliphatic imine (C=N–C) groups is 1. The van der Waals surface area contributed by atoms with Gasteiger partial charge < -0.3 is 4.98 Å². The predicted molar refractivity (Wildman–Crippen MR) is 57.8 cm³/mol. The summed E-state index contributed by atoms with van der Waals surface area (Å²) < 4.78 is 1.02. The first-order valence-corrected chi connectivity index (χ1v) is 4.90. The average molecular weight is 251 g/mol.